The van der Waals surface area contributed by atoms with Crippen molar-refractivity contribution in [1.29, 1.82) is 0 Å². The third-order valence-electron chi connectivity index (χ3n) is 7.15. The summed E-state index contributed by atoms with van der Waals surface area (Å²) < 4.78 is 5.18. The fourth-order valence-electron chi connectivity index (χ4n) is 4.95. The van der Waals surface area contributed by atoms with E-state index in [0.29, 0.717) is 30.6 Å². The number of unbranched alkanes of at least 4 members (excludes halogenated alkanes) is 1. The summed E-state index contributed by atoms with van der Waals surface area (Å²) in [6.07, 6.45) is 1.79. The number of hydrogen-bond donors (Lipinski definition) is 3. The Balaban J connectivity index is 2.12. The Morgan fingerprint density at radius 1 is 1.31 bits per heavy atom. The number of aliphatic hydroxyl groups excluding tert-OH is 1. The van der Waals surface area contributed by atoms with Crippen molar-refractivity contribution in [2.24, 2.45) is 23.0 Å². The molecule has 0 aromatic heterocycles. The zero-order valence-electron chi connectivity index (χ0n) is 23.8. The van der Waals surface area contributed by atoms with Gasteiger partial charge in [-0.05, 0) is 43.6 Å². The number of nitrogens with one attached hydrogen (secondary N) is 1. The van der Waals surface area contributed by atoms with Crippen LogP contribution < -0.4 is 16.0 Å². The van der Waals surface area contributed by atoms with Crippen LogP contribution in [0.5, 0.6) is 0 Å². The number of nitro benzene ring substituents is 1. The predicted molar refractivity (Wildman–Crippen MR) is 148 cm³/mol. The van der Waals surface area contributed by atoms with Crippen LogP contribution in [0.1, 0.15) is 72.3 Å². The number of carbonyl (C=O) groups excluding carboxylic acids is 3. The molecule has 4 atom stereocenters. The fourth-order valence-corrected chi connectivity index (χ4v) is 4.95. The van der Waals surface area contributed by atoms with E-state index in [0.717, 1.165) is 12.8 Å². The molecule has 0 aliphatic carbocycles. The van der Waals surface area contributed by atoms with Crippen LogP contribution in [-0.4, -0.2) is 59.7 Å². The van der Waals surface area contributed by atoms with Gasteiger partial charge in [-0.2, -0.15) is 0 Å². The molecular formula is C28H44N4O7. The van der Waals surface area contributed by atoms with E-state index in [1.165, 1.54) is 17.0 Å². The number of amides is 2. The molecule has 1 aromatic rings. The zero-order valence-corrected chi connectivity index (χ0v) is 23.8. The van der Waals surface area contributed by atoms with Crippen molar-refractivity contribution in [3.8, 4) is 0 Å². The summed E-state index contributed by atoms with van der Waals surface area (Å²) in [5.41, 5.74) is 6.61. The third-order valence-corrected chi connectivity index (χ3v) is 7.15. The second kappa shape index (κ2) is 14.4. The lowest BCUT2D eigenvalue weighted by atomic mass is 9.79. The number of hydrogen-bond acceptors (Lipinski definition) is 8. The van der Waals surface area contributed by atoms with E-state index in [4.69, 9.17) is 10.5 Å². The molecule has 0 unspecified atom stereocenters. The first-order valence-electron chi connectivity index (χ1n) is 13.7. The number of nitro groups is 1. The van der Waals surface area contributed by atoms with Crippen LogP contribution in [0.25, 0.3) is 0 Å². The van der Waals surface area contributed by atoms with Crippen LogP contribution in [0.4, 0.5) is 11.4 Å². The largest absolute Gasteiger partial charge is 0.466 e. The second-order valence-electron chi connectivity index (χ2n) is 11.3. The molecule has 0 fully saturated rings. The topological polar surface area (TPSA) is 165 Å². The number of carbonyl (C=O) groups is 3. The summed E-state index contributed by atoms with van der Waals surface area (Å²) >= 11 is 0. The Morgan fingerprint density at radius 2 is 2.00 bits per heavy atom. The quantitative estimate of drug-likeness (QED) is 0.138. The van der Waals surface area contributed by atoms with Gasteiger partial charge in [0, 0.05) is 43.6 Å². The van der Waals surface area contributed by atoms with Crippen molar-refractivity contribution in [3.63, 3.8) is 0 Å². The third kappa shape index (κ3) is 9.28. The predicted octanol–water partition coefficient (Wildman–Crippen LogP) is 3.10. The molecule has 1 heterocycles. The highest BCUT2D eigenvalue weighted by atomic mass is 16.6. The SMILES string of the molecule is CCCCNC(=O)[C@H](C)C[C@H](O)[C@@H](N)CC(C)(C)CC(=O)N1C[C@H](C(=O)OCC)Cc2ccc([N+](=O)[O-])cc21. The molecule has 1 aromatic carbocycles. The first kappa shape index (κ1) is 32.2. The van der Waals surface area contributed by atoms with E-state index >= 15 is 0 Å². The summed E-state index contributed by atoms with van der Waals surface area (Å²) in [6, 6.07) is 3.64. The molecule has 1 aliphatic rings. The Labute approximate surface area is 230 Å². The van der Waals surface area contributed by atoms with Crippen molar-refractivity contribution in [3.05, 3.63) is 33.9 Å². The van der Waals surface area contributed by atoms with Gasteiger partial charge in [0.2, 0.25) is 11.8 Å². The van der Waals surface area contributed by atoms with Crippen LogP contribution in [-0.2, 0) is 25.5 Å². The Bertz CT molecular complexity index is 1030. The van der Waals surface area contributed by atoms with E-state index in [9.17, 15) is 29.6 Å². The molecule has 2 rings (SSSR count). The highest BCUT2D eigenvalue weighted by molar-refractivity contribution is 5.96. The molecule has 1 aliphatic heterocycles. The van der Waals surface area contributed by atoms with Gasteiger partial charge in [0.15, 0.2) is 0 Å². The van der Waals surface area contributed by atoms with Crippen molar-refractivity contribution in [2.45, 2.75) is 85.3 Å². The maximum absolute atomic E-state index is 13.6. The Hall–Kier alpha value is -3.05. The fraction of sp³-hybridized carbons (Fsp3) is 0.679. The number of fused-ring (bicyclic) bond motifs is 1. The van der Waals surface area contributed by atoms with Gasteiger partial charge in [0.05, 0.1) is 29.2 Å². The summed E-state index contributed by atoms with van der Waals surface area (Å²) in [6.45, 7) is 10.1. The molecule has 218 valence electrons. The van der Waals surface area contributed by atoms with Crippen LogP contribution in [0.15, 0.2) is 18.2 Å². The minimum Gasteiger partial charge on any atom is -0.466 e. The lowest BCUT2D eigenvalue weighted by Crippen LogP contribution is -2.46. The minimum atomic E-state index is -0.933. The molecule has 0 bridgehead atoms. The van der Waals surface area contributed by atoms with Gasteiger partial charge >= 0.3 is 5.97 Å². The molecule has 0 saturated heterocycles. The Kier molecular flexibility index (Phi) is 11.8. The average molecular weight is 549 g/mol. The normalized spacial score (nSPS) is 17.5. The summed E-state index contributed by atoms with van der Waals surface area (Å²) in [4.78, 5) is 50.7. The van der Waals surface area contributed by atoms with Crippen molar-refractivity contribution in [2.75, 3.05) is 24.6 Å². The highest BCUT2D eigenvalue weighted by Crippen LogP contribution is 2.36. The minimum absolute atomic E-state index is 0.0398. The molecule has 11 heteroatoms. The van der Waals surface area contributed by atoms with Gasteiger partial charge in [0.1, 0.15) is 0 Å². The molecule has 11 nitrogen and oxygen atoms in total. The van der Waals surface area contributed by atoms with Gasteiger partial charge in [0.25, 0.3) is 5.69 Å². The van der Waals surface area contributed by atoms with E-state index in [2.05, 4.69) is 5.32 Å². The standard InChI is InChI=1S/C28H44N4O7/c1-6-8-11-30-26(35)18(3)12-24(33)22(29)15-28(4,5)16-25(34)31-17-20(27(36)39-7-2)13-19-9-10-21(32(37)38)14-23(19)31/h9-10,14,18,20,22,24,33H,6-8,11-13,15-17,29H2,1-5H3,(H,30,35)/t18-,20-,22+,24+/m1/s1. The second-order valence-corrected chi connectivity index (χ2v) is 11.3. The lowest BCUT2D eigenvalue weighted by Gasteiger charge is -2.36. The number of nitrogens with two attached hydrogens (primary N) is 1. The molecule has 0 saturated carbocycles. The number of benzene rings is 1. The number of aliphatic hydroxyl groups is 1. The first-order chi connectivity index (χ1) is 18.3. The number of esters is 1. The van der Waals surface area contributed by atoms with Crippen molar-refractivity contribution in [1.82, 2.24) is 5.32 Å². The molecule has 39 heavy (non-hydrogen) atoms. The van der Waals surface area contributed by atoms with Crippen molar-refractivity contribution >= 4 is 29.2 Å². The van der Waals surface area contributed by atoms with Crippen LogP contribution >= 0.6 is 0 Å². The number of anilines is 1. The van der Waals surface area contributed by atoms with Gasteiger partial charge in [-0.3, -0.25) is 24.5 Å². The number of ether oxygens (including phenoxy) is 1. The molecule has 0 radical (unpaired) electrons. The number of rotatable bonds is 14. The summed E-state index contributed by atoms with van der Waals surface area (Å²) in [7, 11) is 0. The molecule has 0 spiro atoms. The molecule has 2 amide bonds. The van der Waals surface area contributed by atoms with E-state index in [1.807, 2.05) is 20.8 Å². The van der Waals surface area contributed by atoms with E-state index in [-0.39, 0.29) is 43.5 Å². The van der Waals surface area contributed by atoms with Gasteiger partial charge in [-0.25, -0.2) is 0 Å². The maximum atomic E-state index is 13.6. The summed E-state index contributed by atoms with van der Waals surface area (Å²) in [5, 5.41) is 24.9. The van der Waals surface area contributed by atoms with Crippen LogP contribution in [0, 0.1) is 27.4 Å². The lowest BCUT2D eigenvalue weighted by molar-refractivity contribution is -0.384. The van der Waals surface area contributed by atoms with E-state index in [1.54, 1.807) is 19.9 Å². The van der Waals surface area contributed by atoms with Gasteiger partial charge in [-0.15, -0.1) is 0 Å². The zero-order chi connectivity index (χ0) is 29.3. The van der Waals surface area contributed by atoms with Crippen molar-refractivity contribution < 1.29 is 29.2 Å². The van der Waals surface area contributed by atoms with Crippen LogP contribution in [0.3, 0.4) is 0 Å². The maximum Gasteiger partial charge on any atom is 0.311 e. The number of non-ortho nitro benzene ring substituents is 1. The molecular weight excluding hydrogens is 504 g/mol. The summed E-state index contributed by atoms with van der Waals surface area (Å²) in [5.74, 6) is -1.84. The van der Waals surface area contributed by atoms with Crippen LogP contribution in [0.2, 0.25) is 0 Å². The average Bonchev–Trinajstić information content (AvgIpc) is 2.86. The number of nitrogens with zero attached hydrogens (tertiary/aromatic N) is 2. The highest BCUT2D eigenvalue weighted by Gasteiger charge is 2.37. The van der Waals surface area contributed by atoms with E-state index < -0.39 is 40.3 Å². The van der Waals surface area contributed by atoms with Gasteiger partial charge in [-0.1, -0.05) is 40.2 Å². The molecule has 4 N–H and O–H groups in total. The Morgan fingerprint density at radius 3 is 2.62 bits per heavy atom. The smallest absolute Gasteiger partial charge is 0.311 e. The van der Waals surface area contributed by atoms with Gasteiger partial charge < -0.3 is 25.8 Å². The first-order valence-corrected chi connectivity index (χ1v) is 13.7. The monoisotopic (exact) mass is 548 g/mol.